The summed E-state index contributed by atoms with van der Waals surface area (Å²) in [6.07, 6.45) is 3.25. The monoisotopic (exact) mass is 274 g/mol. The van der Waals surface area contributed by atoms with Crippen LogP contribution in [0.15, 0.2) is 37.2 Å². The maximum atomic E-state index is 14.0. The van der Waals surface area contributed by atoms with Crippen LogP contribution in [0, 0.1) is 18.6 Å². The maximum Gasteiger partial charge on any atom is 0.149 e. The molecule has 0 amide bonds. The lowest BCUT2D eigenvalue weighted by molar-refractivity contribution is 0.615. The molecular weight excluding hydrogens is 258 g/mol. The molecule has 0 aliphatic rings. The lowest BCUT2D eigenvalue weighted by Crippen LogP contribution is -1.98. The van der Waals surface area contributed by atoms with E-state index >= 15 is 0 Å². The van der Waals surface area contributed by atoms with Crippen molar-refractivity contribution in [2.24, 2.45) is 0 Å². The average molecular weight is 274 g/mol. The van der Waals surface area contributed by atoms with E-state index in [0.717, 1.165) is 11.8 Å². The van der Waals surface area contributed by atoms with E-state index in [2.05, 4.69) is 16.9 Å². The van der Waals surface area contributed by atoms with Crippen molar-refractivity contribution in [2.75, 3.05) is 5.32 Å². The van der Waals surface area contributed by atoms with Gasteiger partial charge in [-0.25, -0.2) is 13.8 Å². The minimum absolute atomic E-state index is 0.274. The summed E-state index contributed by atoms with van der Waals surface area (Å²) in [6.45, 7) is 7.13. The van der Waals surface area contributed by atoms with Gasteiger partial charge in [-0.05, 0) is 54.4 Å². The molecule has 0 bridgehead atoms. The Bertz CT molecular complexity index is 651. The number of rotatable bonds is 4. The summed E-state index contributed by atoms with van der Waals surface area (Å²) in [5.41, 5.74) is 2.36. The molecule has 1 aromatic heterocycles. The van der Waals surface area contributed by atoms with Gasteiger partial charge in [0.15, 0.2) is 0 Å². The van der Waals surface area contributed by atoms with Crippen LogP contribution in [-0.4, -0.2) is 4.98 Å². The fourth-order valence-corrected chi connectivity index (χ4v) is 2.09. The highest BCUT2D eigenvalue weighted by molar-refractivity contribution is 5.71. The molecule has 0 aliphatic carbocycles. The van der Waals surface area contributed by atoms with Crippen molar-refractivity contribution in [1.82, 2.24) is 4.98 Å². The minimum Gasteiger partial charge on any atom is -0.347 e. The summed E-state index contributed by atoms with van der Waals surface area (Å²) in [4.78, 5) is 3.92. The lowest BCUT2D eigenvalue weighted by atomic mass is 9.96. The van der Waals surface area contributed by atoms with Gasteiger partial charge in [-0.1, -0.05) is 13.5 Å². The number of nitrogens with zero attached hydrogens (tertiary/aromatic N) is 1. The van der Waals surface area contributed by atoms with Crippen LogP contribution in [0.25, 0.3) is 11.1 Å². The molecule has 0 saturated heterocycles. The highest BCUT2D eigenvalue weighted by atomic mass is 19.1. The van der Waals surface area contributed by atoms with Crippen molar-refractivity contribution in [3.63, 3.8) is 0 Å². The standard InChI is InChI=1S/C16H16F2N2/c1-4-11-7-14(17)10(3)6-12(11)13-8-16(19-5-2)20-9-15(13)18/h5-9H,2,4H2,1,3H3,(H,19,20). The summed E-state index contributed by atoms with van der Waals surface area (Å²) >= 11 is 0. The van der Waals surface area contributed by atoms with Gasteiger partial charge in [0.2, 0.25) is 0 Å². The number of benzene rings is 1. The number of hydrogen-bond acceptors (Lipinski definition) is 2. The Labute approximate surface area is 117 Å². The minimum atomic E-state index is -0.430. The Morgan fingerprint density at radius 1 is 1.20 bits per heavy atom. The molecule has 2 rings (SSSR count). The smallest absolute Gasteiger partial charge is 0.149 e. The predicted molar refractivity (Wildman–Crippen MR) is 77.5 cm³/mol. The summed E-state index contributed by atoms with van der Waals surface area (Å²) < 4.78 is 27.7. The molecule has 1 N–H and O–H groups in total. The van der Waals surface area contributed by atoms with E-state index in [1.54, 1.807) is 19.1 Å². The average Bonchev–Trinajstić information content (AvgIpc) is 2.44. The van der Waals surface area contributed by atoms with Crippen LogP contribution in [0.1, 0.15) is 18.1 Å². The summed E-state index contributed by atoms with van der Waals surface area (Å²) in [5, 5.41) is 2.82. The summed E-state index contributed by atoms with van der Waals surface area (Å²) in [5.74, 6) is -0.203. The number of aryl methyl sites for hydroxylation is 2. The van der Waals surface area contributed by atoms with E-state index in [-0.39, 0.29) is 5.82 Å². The fourth-order valence-electron chi connectivity index (χ4n) is 2.09. The Kier molecular flexibility index (Phi) is 4.13. The molecule has 0 aliphatic heterocycles. The molecule has 0 saturated carbocycles. The molecule has 0 radical (unpaired) electrons. The molecule has 1 heterocycles. The zero-order chi connectivity index (χ0) is 14.7. The molecule has 4 heteroatoms. The molecule has 104 valence electrons. The van der Waals surface area contributed by atoms with Crippen molar-refractivity contribution in [1.29, 1.82) is 0 Å². The first-order valence-corrected chi connectivity index (χ1v) is 6.39. The molecule has 0 spiro atoms. The van der Waals surface area contributed by atoms with E-state index < -0.39 is 5.82 Å². The number of anilines is 1. The topological polar surface area (TPSA) is 24.9 Å². The second kappa shape index (κ2) is 5.82. The highest BCUT2D eigenvalue weighted by Crippen LogP contribution is 2.30. The first kappa shape index (κ1) is 14.2. The van der Waals surface area contributed by atoms with Gasteiger partial charge in [0, 0.05) is 5.56 Å². The Morgan fingerprint density at radius 2 is 1.95 bits per heavy atom. The van der Waals surface area contributed by atoms with Gasteiger partial charge in [0.25, 0.3) is 0 Å². The normalized spacial score (nSPS) is 10.4. The van der Waals surface area contributed by atoms with Gasteiger partial charge in [-0.2, -0.15) is 0 Å². The highest BCUT2D eigenvalue weighted by Gasteiger charge is 2.13. The molecule has 0 fully saturated rings. The molecular formula is C16H16F2N2. The van der Waals surface area contributed by atoms with Crippen molar-refractivity contribution in [2.45, 2.75) is 20.3 Å². The first-order valence-electron chi connectivity index (χ1n) is 6.39. The van der Waals surface area contributed by atoms with Crippen LogP contribution in [-0.2, 0) is 6.42 Å². The van der Waals surface area contributed by atoms with Gasteiger partial charge in [-0.3, -0.25) is 0 Å². The van der Waals surface area contributed by atoms with Gasteiger partial charge in [0.05, 0.1) is 6.20 Å². The summed E-state index contributed by atoms with van der Waals surface area (Å²) in [7, 11) is 0. The van der Waals surface area contributed by atoms with Crippen molar-refractivity contribution in [3.8, 4) is 11.1 Å². The van der Waals surface area contributed by atoms with Crippen LogP contribution in [0.2, 0.25) is 0 Å². The number of halogens is 2. The molecule has 0 unspecified atom stereocenters. The zero-order valence-electron chi connectivity index (χ0n) is 11.5. The molecule has 2 nitrogen and oxygen atoms in total. The van der Waals surface area contributed by atoms with Crippen LogP contribution in [0.4, 0.5) is 14.6 Å². The largest absolute Gasteiger partial charge is 0.347 e. The van der Waals surface area contributed by atoms with E-state index in [1.807, 2.05) is 6.92 Å². The summed E-state index contributed by atoms with van der Waals surface area (Å²) in [6, 6.07) is 4.73. The second-order valence-electron chi connectivity index (χ2n) is 4.51. The predicted octanol–water partition coefficient (Wildman–Crippen LogP) is 4.45. The third kappa shape index (κ3) is 2.69. The van der Waals surface area contributed by atoms with Crippen molar-refractivity contribution >= 4 is 5.82 Å². The van der Waals surface area contributed by atoms with Gasteiger partial charge in [-0.15, -0.1) is 0 Å². The SMILES string of the molecule is C=CNc1cc(-c2cc(C)c(F)cc2CC)c(F)cn1. The van der Waals surface area contributed by atoms with Crippen molar-refractivity contribution < 1.29 is 8.78 Å². The second-order valence-corrected chi connectivity index (χ2v) is 4.51. The lowest BCUT2D eigenvalue weighted by Gasteiger charge is -2.12. The number of pyridine rings is 1. The maximum absolute atomic E-state index is 14.0. The number of nitrogens with one attached hydrogen (secondary N) is 1. The van der Waals surface area contributed by atoms with Gasteiger partial charge >= 0.3 is 0 Å². The first-order chi connectivity index (χ1) is 9.56. The van der Waals surface area contributed by atoms with Crippen LogP contribution < -0.4 is 5.32 Å². The fraction of sp³-hybridized carbons (Fsp3) is 0.188. The molecule has 0 atom stereocenters. The molecule has 2 aromatic rings. The van der Waals surface area contributed by atoms with E-state index in [9.17, 15) is 8.78 Å². The third-order valence-electron chi connectivity index (χ3n) is 3.16. The number of aromatic nitrogens is 1. The Hall–Kier alpha value is -2.23. The Balaban J connectivity index is 2.63. The molecule has 1 aromatic carbocycles. The third-order valence-corrected chi connectivity index (χ3v) is 3.16. The van der Waals surface area contributed by atoms with Crippen LogP contribution >= 0.6 is 0 Å². The van der Waals surface area contributed by atoms with Crippen molar-refractivity contribution in [3.05, 3.63) is 59.9 Å². The van der Waals surface area contributed by atoms with Gasteiger partial charge in [0.1, 0.15) is 17.5 Å². The Morgan fingerprint density at radius 3 is 2.60 bits per heavy atom. The van der Waals surface area contributed by atoms with Crippen LogP contribution in [0.5, 0.6) is 0 Å². The van der Waals surface area contributed by atoms with E-state index in [4.69, 9.17) is 0 Å². The quantitative estimate of drug-likeness (QED) is 0.890. The molecule has 20 heavy (non-hydrogen) atoms. The number of hydrogen-bond donors (Lipinski definition) is 1. The van der Waals surface area contributed by atoms with Gasteiger partial charge < -0.3 is 5.32 Å². The zero-order valence-corrected chi connectivity index (χ0v) is 11.5. The van der Waals surface area contributed by atoms with E-state index in [0.29, 0.717) is 28.9 Å². The van der Waals surface area contributed by atoms with E-state index in [1.165, 1.54) is 12.3 Å². The van der Waals surface area contributed by atoms with Crippen LogP contribution in [0.3, 0.4) is 0 Å².